The second-order valence-electron chi connectivity index (χ2n) is 4.71. The van der Waals surface area contributed by atoms with Crippen molar-refractivity contribution >= 4 is 0 Å². The SMILES string of the molecule is CCc1cc(CNC(C)(C)C)n(C)n1. The van der Waals surface area contributed by atoms with Crippen LogP contribution in [-0.2, 0) is 20.0 Å². The number of nitrogens with one attached hydrogen (secondary N) is 1. The van der Waals surface area contributed by atoms with Gasteiger partial charge in [-0.1, -0.05) is 6.92 Å². The molecule has 0 fully saturated rings. The molecule has 0 saturated heterocycles. The van der Waals surface area contributed by atoms with E-state index in [9.17, 15) is 0 Å². The minimum Gasteiger partial charge on any atom is -0.306 e. The maximum Gasteiger partial charge on any atom is 0.0625 e. The Hall–Kier alpha value is -0.830. The highest BCUT2D eigenvalue weighted by Crippen LogP contribution is 2.06. The maximum absolute atomic E-state index is 4.41. The predicted molar refractivity (Wildman–Crippen MR) is 59.2 cm³/mol. The molecule has 0 atom stereocenters. The number of hydrogen-bond acceptors (Lipinski definition) is 2. The molecule has 1 N–H and O–H groups in total. The fourth-order valence-electron chi connectivity index (χ4n) is 1.27. The Bertz CT molecular complexity index is 294. The Labute approximate surface area is 86.5 Å². The molecule has 1 rings (SSSR count). The topological polar surface area (TPSA) is 29.9 Å². The number of aryl methyl sites for hydroxylation is 2. The predicted octanol–water partition coefficient (Wildman–Crippen LogP) is 1.87. The van der Waals surface area contributed by atoms with Gasteiger partial charge in [-0.2, -0.15) is 5.10 Å². The molecule has 1 aromatic heterocycles. The maximum atomic E-state index is 4.41. The van der Waals surface area contributed by atoms with Gasteiger partial charge >= 0.3 is 0 Å². The summed E-state index contributed by atoms with van der Waals surface area (Å²) >= 11 is 0. The van der Waals surface area contributed by atoms with E-state index in [1.54, 1.807) is 0 Å². The second kappa shape index (κ2) is 4.13. The van der Waals surface area contributed by atoms with Crippen LogP contribution in [0.5, 0.6) is 0 Å². The van der Waals surface area contributed by atoms with Crippen molar-refractivity contribution in [2.45, 2.75) is 46.2 Å². The zero-order chi connectivity index (χ0) is 10.8. The summed E-state index contributed by atoms with van der Waals surface area (Å²) in [6.07, 6.45) is 1.00. The van der Waals surface area contributed by atoms with Crippen LogP contribution < -0.4 is 5.32 Å². The molecule has 1 aromatic rings. The van der Waals surface area contributed by atoms with Crippen LogP contribution in [0.4, 0.5) is 0 Å². The van der Waals surface area contributed by atoms with Crippen LogP contribution in [0.15, 0.2) is 6.07 Å². The average Bonchev–Trinajstić information content (AvgIpc) is 2.42. The van der Waals surface area contributed by atoms with Gasteiger partial charge in [0, 0.05) is 19.1 Å². The molecule has 0 aliphatic carbocycles. The van der Waals surface area contributed by atoms with Gasteiger partial charge < -0.3 is 5.32 Å². The van der Waals surface area contributed by atoms with Gasteiger partial charge in [-0.3, -0.25) is 4.68 Å². The van der Waals surface area contributed by atoms with Crippen LogP contribution in [0.25, 0.3) is 0 Å². The van der Waals surface area contributed by atoms with Gasteiger partial charge in [0.25, 0.3) is 0 Å². The van der Waals surface area contributed by atoms with E-state index in [4.69, 9.17) is 0 Å². The minimum atomic E-state index is 0.163. The van der Waals surface area contributed by atoms with E-state index < -0.39 is 0 Å². The van der Waals surface area contributed by atoms with Gasteiger partial charge in [-0.15, -0.1) is 0 Å². The van der Waals surface area contributed by atoms with Crippen LogP contribution in [0.2, 0.25) is 0 Å². The fourth-order valence-corrected chi connectivity index (χ4v) is 1.27. The molecule has 0 unspecified atom stereocenters. The molecule has 3 nitrogen and oxygen atoms in total. The first kappa shape index (κ1) is 11.2. The summed E-state index contributed by atoms with van der Waals surface area (Å²) in [5, 5.41) is 7.86. The summed E-state index contributed by atoms with van der Waals surface area (Å²) in [5.41, 5.74) is 2.58. The summed E-state index contributed by atoms with van der Waals surface area (Å²) in [7, 11) is 2.00. The first-order valence-corrected chi connectivity index (χ1v) is 5.19. The molecule has 0 spiro atoms. The quantitative estimate of drug-likeness (QED) is 0.798. The first-order valence-electron chi connectivity index (χ1n) is 5.19. The van der Waals surface area contributed by atoms with Crippen LogP contribution in [0, 0.1) is 0 Å². The van der Waals surface area contributed by atoms with Crippen molar-refractivity contribution in [3.8, 4) is 0 Å². The van der Waals surface area contributed by atoms with E-state index >= 15 is 0 Å². The van der Waals surface area contributed by atoms with Crippen molar-refractivity contribution < 1.29 is 0 Å². The van der Waals surface area contributed by atoms with Crippen LogP contribution in [0.1, 0.15) is 39.1 Å². The molecule has 0 aliphatic heterocycles. The Kier molecular flexibility index (Phi) is 3.32. The first-order chi connectivity index (χ1) is 6.42. The lowest BCUT2D eigenvalue weighted by molar-refractivity contribution is 0.416. The molecular weight excluding hydrogens is 174 g/mol. The summed E-state index contributed by atoms with van der Waals surface area (Å²) in [5.74, 6) is 0. The highest BCUT2D eigenvalue weighted by atomic mass is 15.3. The molecule has 14 heavy (non-hydrogen) atoms. The van der Waals surface area contributed by atoms with Gasteiger partial charge in [0.15, 0.2) is 0 Å². The van der Waals surface area contributed by atoms with Crippen molar-refractivity contribution in [2.75, 3.05) is 0 Å². The molecule has 80 valence electrons. The van der Waals surface area contributed by atoms with Crippen molar-refractivity contribution in [1.29, 1.82) is 0 Å². The summed E-state index contributed by atoms with van der Waals surface area (Å²) < 4.78 is 1.96. The average molecular weight is 195 g/mol. The van der Waals surface area contributed by atoms with Gasteiger partial charge in [-0.25, -0.2) is 0 Å². The zero-order valence-corrected chi connectivity index (χ0v) is 9.89. The molecule has 1 heterocycles. The molecule has 0 aromatic carbocycles. The van der Waals surface area contributed by atoms with E-state index in [1.807, 2.05) is 11.7 Å². The number of nitrogens with zero attached hydrogens (tertiary/aromatic N) is 2. The van der Waals surface area contributed by atoms with E-state index in [1.165, 1.54) is 11.4 Å². The molecule has 3 heteroatoms. The van der Waals surface area contributed by atoms with Crippen molar-refractivity contribution in [2.24, 2.45) is 7.05 Å². The summed E-state index contributed by atoms with van der Waals surface area (Å²) in [4.78, 5) is 0. The van der Waals surface area contributed by atoms with Crippen molar-refractivity contribution in [1.82, 2.24) is 15.1 Å². The zero-order valence-electron chi connectivity index (χ0n) is 9.89. The van der Waals surface area contributed by atoms with Gasteiger partial charge in [0.05, 0.1) is 11.4 Å². The Balaban J connectivity index is 2.63. The third-order valence-corrected chi connectivity index (χ3v) is 2.19. The minimum absolute atomic E-state index is 0.163. The molecule has 0 radical (unpaired) electrons. The van der Waals surface area contributed by atoms with Gasteiger partial charge in [-0.05, 0) is 33.3 Å². The largest absolute Gasteiger partial charge is 0.306 e. The number of hydrogen-bond donors (Lipinski definition) is 1. The van der Waals surface area contributed by atoms with E-state index in [0.29, 0.717) is 0 Å². The van der Waals surface area contributed by atoms with E-state index in [-0.39, 0.29) is 5.54 Å². The molecule has 0 aliphatic rings. The smallest absolute Gasteiger partial charge is 0.0625 e. The van der Waals surface area contributed by atoms with Gasteiger partial charge in [0.1, 0.15) is 0 Å². The summed E-state index contributed by atoms with van der Waals surface area (Å²) in [6, 6.07) is 2.17. The van der Waals surface area contributed by atoms with Crippen LogP contribution >= 0.6 is 0 Å². The monoisotopic (exact) mass is 195 g/mol. The Morgan fingerprint density at radius 2 is 2.07 bits per heavy atom. The van der Waals surface area contributed by atoms with E-state index in [0.717, 1.165) is 13.0 Å². The molecule has 0 amide bonds. The Morgan fingerprint density at radius 1 is 1.43 bits per heavy atom. The number of aromatic nitrogens is 2. The van der Waals surface area contributed by atoms with Crippen LogP contribution in [0.3, 0.4) is 0 Å². The number of rotatable bonds is 3. The van der Waals surface area contributed by atoms with E-state index in [2.05, 4.69) is 44.2 Å². The second-order valence-corrected chi connectivity index (χ2v) is 4.71. The Morgan fingerprint density at radius 3 is 2.50 bits per heavy atom. The lowest BCUT2D eigenvalue weighted by atomic mass is 10.1. The van der Waals surface area contributed by atoms with Crippen molar-refractivity contribution in [3.05, 3.63) is 17.5 Å². The normalized spacial score (nSPS) is 12.1. The van der Waals surface area contributed by atoms with Crippen LogP contribution in [-0.4, -0.2) is 15.3 Å². The summed E-state index contributed by atoms with van der Waals surface area (Å²) in [6.45, 7) is 9.52. The molecule has 0 bridgehead atoms. The highest BCUT2D eigenvalue weighted by Gasteiger charge is 2.10. The third-order valence-electron chi connectivity index (χ3n) is 2.19. The highest BCUT2D eigenvalue weighted by molar-refractivity contribution is 5.10. The fraction of sp³-hybridized carbons (Fsp3) is 0.727. The third kappa shape index (κ3) is 3.14. The standard InChI is InChI=1S/C11H21N3/c1-6-9-7-10(14(5)13-9)8-12-11(2,3)4/h7,12H,6,8H2,1-5H3. The van der Waals surface area contributed by atoms with Crippen molar-refractivity contribution in [3.63, 3.8) is 0 Å². The lowest BCUT2D eigenvalue weighted by Gasteiger charge is -2.20. The van der Waals surface area contributed by atoms with Gasteiger partial charge in [0.2, 0.25) is 0 Å². The molecular formula is C11H21N3. The molecule has 0 saturated carbocycles. The lowest BCUT2D eigenvalue weighted by Crippen LogP contribution is -2.35.